The Morgan fingerprint density at radius 3 is 2.45 bits per heavy atom. The van der Waals surface area contributed by atoms with Gasteiger partial charge in [0.1, 0.15) is 0 Å². The highest BCUT2D eigenvalue weighted by atomic mass is 16.5. The predicted octanol–water partition coefficient (Wildman–Crippen LogP) is 2.26. The summed E-state index contributed by atoms with van der Waals surface area (Å²) in [7, 11) is 3.14. The van der Waals surface area contributed by atoms with Gasteiger partial charge in [-0.2, -0.15) is 0 Å². The van der Waals surface area contributed by atoms with E-state index in [1.165, 1.54) is 12.7 Å². The molecule has 0 heterocycles. The minimum Gasteiger partial charge on any atom is -0.469 e. The van der Waals surface area contributed by atoms with Gasteiger partial charge in [0.05, 0.1) is 20.1 Å². The number of carbonyl (C=O) groups excluding carboxylic acids is 1. The topological polar surface area (TPSA) is 38.8 Å². The van der Waals surface area contributed by atoms with E-state index in [-0.39, 0.29) is 5.97 Å². The second-order valence-corrected chi connectivity index (χ2v) is 4.89. The smallest absolute Gasteiger partial charge is 0.309 e. The van der Waals surface area contributed by atoms with Crippen LogP contribution in [0.3, 0.4) is 0 Å². The molecule has 0 bridgehead atoms. The van der Waals surface area contributed by atoms with Gasteiger partial charge >= 0.3 is 5.97 Å². The van der Waals surface area contributed by atoms with Crippen molar-refractivity contribution in [1.29, 1.82) is 0 Å². The van der Waals surface area contributed by atoms with E-state index in [2.05, 4.69) is 24.8 Å². The van der Waals surface area contributed by atoms with Crippen molar-refractivity contribution in [2.75, 3.05) is 27.4 Å². The molecule has 0 radical (unpaired) electrons. The molecule has 0 amide bonds. The van der Waals surface area contributed by atoms with E-state index in [4.69, 9.17) is 9.47 Å². The lowest BCUT2D eigenvalue weighted by Crippen LogP contribution is -2.35. The van der Waals surface area contributed by atoms with Gasteiger partial charge in [-0.05, 0) is 24.6 Å². The molecule has 0 saturated carbocycles. The molecular weight excluding hydrogens is 254 g/mol. The molecule has 0 aliphatic carbocycles. The number of methoxy groups -OCH3 is 2. The molecule has 0 aliphatic rings. The van der Waals surface area contributed by atoms with Crippen molar-refractivity contribution in [1.82, 2.24) is 4.90 Å². The number of ether oxygens (including phenoxy) is 2. The zero-order valence-corrected chi connectivity index (χ0v) is 12.9. The van der Waals surface area contributed by atoms with E-state index >= 15 is 0 Å². The van der Waals surface area contributed by atoms with E-state index in [9.17, 15) is 4.79 Å². The van der Waals surface area contributed by atoms with Gasteiger partial charge in [-0.1, -0.05) is 31.2 Å². The van der Waals surface area contributed by atoms with Crippen LogP contribution in [0.25, 0.3) is 0 Å². The molecule has 20 heavy (non-hydrogen) atoms. The summed E-state index contributed by atoms with van der Waals surface area (Å²) in [5.74, 6) is -0.203. The Kier molecular flexibility index (Phi) is 7.26. The molecule has 0 N–H and O–H groups in total. The van der Waals surface area contributed by atoms with Gasteiger partial charge in [-0.25, -0.2) is 0 Å². The van der Waals surface area contributed by atoms with Gasteiger partial charge in [-0.15, -0.1) is 0 Å². The normalized spacial score (nSPS) is 12.4. The van der Waals surface area contributed by atoms with Crippen molar-refractivity contribution in [3.05, 3.63) is 35.4 Å². The van der Waals surface area contributed by atoms with Gasteiger partial charge in [-0.3, -0.25) is 9.69 Å². The van der Waals surface area contributed by atoms with Crippen LogP contribution in [0.5, 0.6) is 0 Å². The van der Waals surface area contributed by atoms with Crippen LogP contribution in [-0.4, -0.2) is 44.3 Å². The monoisotopic (exact) mass is 279 g/mol. The highest BCUT2D eigenvalue weighted by Gasteiger charge is 2.15. The van der Waals surface area contributed by atoms with Crippen molar-refractivity contribution >= 4 is 5.97 Å². The number of carbonyl (C=O) groups is 1. The molecule has 0 spiro atoms. The summed E-state index contributed by atoms with van der Waals surface area (Å²) in [5.41, 5.74) is 2.20. The Labute approximate surface area is 121 Å². The van der Waals surface area contributed by atoms with Crippen molar-refractivity contribution in [3.8, 4) is 0 Å². The summed E-state index contributed by atoms with van der Waals surface area (Å²) in [5, 5.41) is 0. The summed E-state index contributed by atoms with van der Waals surface area (Å²) in [4.78, 5) is 13.8. The summed E-state index contributed by atoms with van der Waals surface area (Å²) < 4.78 is 9.97. The standard InChI is InChI=1S/C16H25NO3/c1-5-17(13(2)12-19-3)11-15-9-7-6-8-14(15)10-16(18)20-4/h6-9,13H,5,10-12H2,1-4H3. The van der Waals surface area contributed by atoms with Crippen LogP contribution in [0, 0.1) is 0 Å². The number of nitrogens with zero attached hydrogens (tertiary/aromatic N) is 1. The van der Waals surface area contributed by atoms with E-state index in [1.54, 1.807) is 7.11 Å². The minimum atomic E-state index is -0.203. The summed E-state index contributed by atoms with van der Waals surface area (Å²) in [6.07, 6.45) is 0.322. The summed E-state index contributed by atoms with van der Waals surface area (Å²) in [6, 6.07) is 8.36. The predicted molar refractivity (Wildman–Crippen MR) is 79.6 cm³/mol. The molecule has 1 aromatic carbocycles. The van der Waals surface area contributed by atoms with Crippen molar-refractivity contribution in [3.63, 3.8) is 0 Å². The average Bonchev–Trinajstić information content (AvgIpc) is 2.46. The summed E-state index contributed by atoms with van der Waals surface area (Å²) >= 11 is 0. The third kappa shape index (κ3) is 4.94. The molecule has 0 aliphatic heterocycles. The molecule has 0 aromatic heterocycles. The van der Waals surface area contributed by atoms with Crippen LogP contribution < -0.4 is 0 Å². The average molecular weight is 279 g/mol. The maximum atomic E-state index is 11.5. The van der Waals surface area contributed by atoms with Gasteiger partial charge in [0, 0.05) is 19.7 Å². The molecule has 1 unspecified atom stereocenters. The highest BCUT2D eigenvalue weighted by Crippen LogP contribution is 2.15. The SMILES string of the molecule is CCN(Cc1ccccc1CC(=O)OC)C(C)COC. The second-order valence-electron chi connectivity index (χ2n) is 4.89. The lowest BCUT2D eigenvalue weighted by Gasteiger charge is -2.28. The van der Waals surface area contributed by atoms with Crippen LogP contribution in [-0.2, 0) is 27.2 Å². The Morgan fingerprint density at radius 2 is 1.90 bits per heavy atom. The van der Waals surface area contributed by atoms with Gasteiger partial charge in [0.2, 0.25) is 0 Å². The maximum absolute atomic E-state index is 11.5. The Hall–Kier alpha value is -1.39. The number of hydrogen-bond acceptors (Lipinski definition) is 4. The van der Waals surface area contributed by atoms with E-state index < -0.39 is 0 Å². The Morgan fingerprint density at radius 1 is 1.25 bits per heavy atom. The lowest BCUT2D eigenvalue weighted by atomic mass is 10.0. The fourth-order valence-electron chi connectivity index (χ4n) is 2.26. The number of benzene rings is 1. The molecule has 1 rings (SSSR count). The molecule has 0 fully saturated rings. The molecular formula is C16H25NO3. The van der Waals surface area contributed by atoms with Crippen LogP contribution in [0.1, 0.15) is 25.0 Å². The van der Waals surface area contributed by atoms with Crippen LogP contribution in [0.2, 0.25) is 0 Å². The molecule has 1 aromatic rings. The van der Waals surface area contributed by atoms with E-state index in [0.717, 1.165) is 18.7 Å². The zero-order chi connectivity index (χ0) is 15.0. The van der Waals surface area contributed by atoms with Crippen molar-refractivity contribution in [2.45, 2.75) is 32.9 Å². The van der Waals surface area contributed by atoms with Crippen LogP contribution >= 0.6 is 0 Å². The summed E-state index contributed by atoms with van der Waals surface area (Å²) in [6.45, 7) is 6.74. The first-order valence-electron chi connectivity index (χ1n) is 6.98. The second kappa shape index (κ2) is 8.72. The number of esters is 1. The molecule has 1 atom stereocenters. The van der Waals surface area contributed by atoms with Crippen molar-refractivity contribution < 1.29 is 14.3 Å². The first-order chi connectivity index (χ1) is 9.62. The van der Waals surface area contributed by atoms with Gasteiger partial charge in [0.25, 0.3) is 0 Å². The third-order valence-electron chi connectivity index (χ3n) is 3.49. The van der Waals surface area contributed by atoms with E-state index in [1.807, 2.05) is 18.2 Å². The van der Waals surface area contributed by atoms with Crippen LogP contribution in [0.4, 0.5) is 0 Å². The molecule has 0 saturated heterocycles. The first-order valence-corrected chi connectivity index (χ1v) is 6.98. The quantitative estimate of drug-likeness (QED) is 0.684. The largest absolute Gasteiger partial charge is 0.469 e. The number of likely N-dealkylation sites (N-methyl/N-ethyl adjacent to an activating group) is 1. The maximum Gasteiger partial charge on any atom is 0.309 e. The van der Waals surface area contributed by atoms with E-state index in [0.29, 0.717) is 19.1 Å². The van der Waals surface area contributed by atoms with Gasteiger partial charge in [0.15, 0.2) is 0 Å². The minimum absolute atomic E-state index is 0.203. The fourth-order valence-corrected chi connectivity index (χ4v) is 2.26. The highest BCUT2D eigenvalue weighted by molar-refractivity contribution is 5.72. The lowest BCUT2D eigenvalue weighted by molar-refractivity contribution is -0.139. The first kappa shape index (κ1) is 16.7. The molecule has 112 valence electrons. The number of rotatable bonds is 8. The third-order valence-corrected chi connectivity index (χ3v) is 3.49. The number of hydrogen-bond donors (Lipinski definition) is 0. The molecule has 4 heteroatoms. The van der Waals surface area contributed by atoms with Crippen molar-refractivity contribution in [2.24, 2.45) is 0 Å². The Bertz CT molecular complexity index is 420. The Balaban J connectivity index is 2.81. The van der Waals surface area contributed by atoms with Gasteiger partial charge < -0.3 is 9.47 Å². The zero-order valence-electron chi connectivity index (χ0n) is 12.9. The molecule has 4 nitrogen and oxygen atoms in total. The van der Waals surface area contributed by atoms with Crippen LogP contribution in [0.15, 0.2) is 24.3 Å². The fraction of sp³-hybridized carbons (Fsp3) is 0.562.